The summed E-state index contributed by atoms with van der Waals surface area (Å²) >= 11 is 0. The minimum absolute atomic E-state index is 0.825. The number of nitrogens with zero attached hydrogens (tertiary/aromatic N) is 1. The molecule has 0 aromatic heterocycles. The third kappa shape index (κ3) is 3.58. The average molecular weight is 226 g/mol. The Labute approximate surface area is 82.5 Å². The summed E-state index contributed by atoms with van der Waals surface area (Å²) in [6.45, 7) is 1.19. The molecule has 0 aliphatic heterocycles. The summed E-state index contributed by atoms with van der Waals surface area (Å²) in [6, 6.07) is -1.54. The van der Waals surface area contributed by atoms with Gasteiger partial charge in [-0.25, -0.2) is 0 Å². The van der Waals surface area contributed by atoms with Crippen LogP contribution in [0.1, 0.15) is 6.92 Å². The fraction of sp³-hybridized carbons (Fsp3) is 0.833. The smallest absolute Gasteiger partial charge is 0.324 e. The van der Waals surface area contributed by atoms with Crippen LogP contribution in [0.2, 0.25) is 0 Å². The molecule has 84 valence electrons. The van der Waals surface area contributed by atoms with E-state index in [0.29, 0.717) is 0 Å². The van der Waals surface area contributed by atoms with Gasteiger partial charge in [0.25, 0.3) is 10.2 Å². The van der Waals surface area contributed by atoms with Gasteiger partial charge >= 0.3 is 5.97 Å². The van der Waals surface area contributed by atoms with Crippen molar-refractivity contribution >= 4 is 16.2 Å². The molecule has 0 aliphatic rings. The van der Waals surface area contributed by atoms with E-state index in [4.69, 9.17) is 10.2 Å². The van der Waals surface area contributed by atoms with Gasteiger partial charge in [-0.3, -0.25) is 4.79 Å². The first kappa shape index (κ1) is 13.3. The fourth-order valence-corrected chi connectivity index (χ4v) is 1.45. The number of hydrogen-bond acceptors (Lipinski definition) is 4. The number of aliphatic hydroxyl groups excluding tert-OH is 1. The molecule has 14 heavy (non-hydrogen) atoms. The lowest BCUT2D eigenvalue weighted by atomic mass is 10.2. The lowest BCUT2D eigenvalue weighted by Gasteiger charge is -2.19. The van der Waals surface area contributed by atoms with Gasteiger partial charge in [0.05, 0.1) is 6.10 Å². The molecule has 0 saturated carbocycles. The predicted octanol–water partition coefficient (Wildman–Crippen LogP) is -1.78. The first-order chi connectivity index (χ1) is 6.18. The summed E-state index contributed by atoms with van der Waals surface area (Å²) in [5.41, 5.74) is 0. The van der Waals surface area contributed by atoms with Crippen LogP contribution in [0.15, 0.2) is 0 Å². The number of carbonyl (C=O) groups is 1. The zero-order valence-electron chi connectivity index (χ0n) is 8.13. The lowest BCUT2D eigenvalue weighted by Crippen LogP contribution is -2.50. The van der Waals surface area contributed by atoms with Crippen LogP contribution in [0.5, 0.6) is 0 Å². The molecule has 0 rings (SSSR count). The SMILES string of the molecule is C[C@@H](O)[C@H](NS(=O)(=O)N(C)C)C(=O)O. The number of aliphatic carboxylic acids is 1. The molecule has 8 heteroatoms. The van der Waals surface area contributed by atoms with Gasteiger partial charge in [-0.15, -0.1) is 0 Å². The van der Waals surface area contributed by atoms with Gasteiger partial charge in [0.15, 0.2) is 0 Å². The molecular formula is C6H14N2O5S. The number of aliphatic hydroxyl groups is 1. The third-order valence-electron chi connectivity index (χ3n) is 1.51. The van der Waals surface area contributed by atoms with Gasteiger partial charge < -0.3 is 10.2 Å². The molecule has 0 fully saturated rings. The predicted molar refractivity (Wildman–Crippen MR) is 48.8 cm³/mol. The van der Waals surface area contributed by atoms with Crippen molar-refractivity contribution in [3.63, 3.8) is 0 Å². The Morgan fingerprint density at radius 1 is 1.43 bits per heavy atom. The van der Waals surface area contributed by atoms with E-state index in [1.807, 2.05) is 4.72 Å². The van der Waals surface area contributed by atoms with Crippen molar-refractivity contribution in [2.45, 2.75) is 19.1 Å². The van der Waals surface area contributed by atoms with Gasteiger partial charge in [-0.05, 0) is 6.92 Å². The van der Waals surface area contributed by atoms with Crippen LogP contribution in [-0.2, 0) is 15.0 Å². The zero-order chi connectivity index (χ0) is 11.5. The summed E-state index contributed by atoms with van der Waals surface area (Å²) < 4.78 is 25.0. The third-order valence-corrected chi connectivity index (χ3v) is 3.02. The Hall–Kier alpha value is -0.700. The van der Waals surface area contributed by atoms with Crippen LogP contribution in [0.25, 0.3) is 0 Å². The molecule has 0 radical (unpaired) electrons. The quantitative estimate of drug-likeness (QED) is 0.513. The molecule has 0 saturated heterocycles. The number of hydrogen-bond donors (Lipinski definition) is 3. The maximum Gasteiger partial charge on any atom is 0.324 e. The van der Waals surface area contributed by atoms with E-state index in [1.54, 1.807) is 0 Å². The van der Waals surface area contributed by atoms with Crippen molar-refractivity contribution in [1.82, 2.24) is 9.03 Å². The van der Waals surface area contributed by atoms with Crippen LogP contribution >= 0.6 is 0 Å². The molecule has 0 heterocycles. The molecular weight excluding hydrogens is 212 g/mol. The molecule has 0 aromatic carbocycles. The van der Waals surface area contributed by atoms with Crippen molar-refractivity contribution in [3.05, 3.63) is 0 Å². The topological polar surface area (TPSA) is 107 Å². The maximum atomic E-state index is 11.2. The molecule has 0 unspecified atom stereocenters. The zero-order valence-corrected chi connectivity index (χ0v) is 8.95. The Bertz CT molecular complexity index is 297. The molecule has 0 bridgehead atoms. The Balaban J connectivity index is 4.71. The Kier molecular flexibility index (Phi) is 4.46. The highest BCUT2D eigenvalue weighted by Gasteiger charge is 2.29. The number of carboxylic acids is 1. The van der Waals surface area contributed by atoms with Crippen LogP contribution in [0, 0.1) is 0 Å². The molecule has 0 aliphatic carbocycles. The second kappa shape index (κ2) is 4.69. The summed E-state index contributed by atoms with van der Waals surface area (Å²) in [4.78, 5) is 10.5. The average Bonchev–Trinajstić information content (AvgIpc) is 1.98. The summed E-state index contributed by atoms with van der Waals surface area (Å²) in [5.74, 6) is -1.43. The van der Waals surface area contributed by atoms with Crippen LogP contribution in [-0.4, -0.2) is 55.1 Å². The van der Waals surface area contributed by atoms with E-state index in [0.717, 1.165) is 4.31 Å². The second-order valence-corrected chi connectivity index (χ2v) is 4.88. The highest BCUT2D eigenvalue weighted by atomic mass is 32.2. The minimum atomic E-state index is -3.84. The highest BCUT2D eigenvalue weighted by Crippen LogP contribution is 1.98. The van der Waals surface area contributed by atoms with Gasteiger partial charge in [-0.2, -0.15) is 17.4 Å². The van der Waals surface area contributed by atoms with E-state index in [2.05, 4.69) is 0 Å². The summed E-state index contributed by atoms with van der Waals surface area (Å²) in [7, 11) is -1.34. The van der Waals surface area contributed by atoms with E-state index in [-0.39, 0.29) is 0 Å². The van der Waals surface area contributed by atoms with E-state index >= 15 is 0 Å². The minimum Gasteiger partial charge on any atom is -0.480 e. The van der Waals surface area contributed by atoms with Gasteiger partial charge in [0.2, 0.25) is 0 Å². The van der Waals surface area contributed by atoms with Gasteiger partial charge in [-0.1, -0.05) is 0 Å². The monoisotopic (exact) mass is 226 g/mol. The largest absolute Gasteiger partial charge is 0.480 e. The van der Waals surface area contributed by atoms with Crippen molar-refractivity contribution in [2.24, 2.45) is 0 Å². The molecule has 3 N–H and O–H groups in total. The van der Waals surface area contributed by atoms with Crippen molar-refractivity contribution < 1.29 is 23.4 Å². The summed E-state index contributed by atoms with van der Waals surface area (Å²) in [5, 5.41) is 17.6. The number of rotatable bonds is 5. The fourth-order valence-electron chi connectivity index (χ4n) is 0.621. The van der Waals surface area contributed by atoms with Crippen LogP contribution in [0.3, 0.4) is 0 Å². The highest BCUT2D eigenvalue weighted by molar-refractivity contribution is 7.87. The van der Waals surface area contributed by atoms with Crippen LogP contribution in [0.4, 0.5) is 0 Å². The molecule has 0 amide bonds. The first-order valence-corrected chi connectivity index (χ1v) is 5.23. The van der Waals surface area contributed by atoms with Gasteiger partial charge in [0.1, 0.15) is 6.04 Å². The molecule has 0 spiro atoms. The second-order valence-electron chi connectivity index (χ2n) is 2.96. The van der Waals surface area contributed by atoms with Crippen molar-refractivity contribution in [1.29, 1.82) is 0 Å². The van der Waals surface area contributed by atoms with Crippen molar-refractivity contribution in [3.8, 4) is 0 Å². The van der Waals surface area contributed by atoms with Crippen molar-refractivity contribution in [2.75, 3.05) is 14.1 Å². The maximum absolute atomic E-state index is 11.2. The molecule has 0 aromatic rings. The van der Waals surface area contributed by atoms with Crippen LogP contribution < -0.4 is 4.72 Å². The summed E-state index contributed by atoms with van der Waals surface area (Å²) in [6.07, 6.45) is -1.30. The van der Waals surface area contributed by atoms with E-state index in [9.17, 15) is 13.2 Å². The Morgan fingerprint density at radius 3 is 2.07 bits per heavy atom. The number of nitrogens with one attached hydrogen (secondary N) is 1. The lowest BCUT2D eigenvalue weighted by molar-refractivity contribution is -0.141. The number of carboxylic acid groups (broad SMARTS) is 1. The molecule has 2 atom stereocenters. The van der Waals surface area contributed by atoms with E-state index in [1.165, 1.54) is 21.0 Å². The first-order valence-electron chi connectivity index (χ1n) is 3.79. The normalized spacial score (nSPS) is 16.6. The van der Waals surface area contributed by atoms with E-state index < -0.39 is 28.3 Å². The molecule has 7 nitrogen and oxygen atoms in total. The standard InChI is InChI=1S/C6H14N2O5S/c1-4(9)5(6(10)11)7-14(12,13)8(2)3/h4-5,7,9H,1-3H3,(H,10,11)/t4-,5+/m1/s1. The van der Waals surface area contributed by atoms with Gasteiger partial charge in [0, 0.05) is 14.1 Å². The Morgan fingerprint density at radius 2 is 1.86 bits per heavy atom.